The van der Waals surface area contributed by atoms with Gasteiger partial charge in [0.25, 0.3) is 0 Å². The molecule has 0 N–H and O–H groups in total. The third kappa shape index (κ3) is 5.23. The van der Waals surface area contributed by atoms with Crippen LogP contribution in [-0.2, 0) is 0 Å². The van der Waals surface area contributed by atoms with Gasteiger partial charge in [-0.15, -0.1) is 0 Å². The van der Waals surface area contributed by atoms with Crippen molar-refractivity contribution >= 4 is 95.6 Å². The molecule has 0 spiro atoms. The van der Waals surface area contributed by atoms with Crippen LogP contribution in [0.1, 0.15) is 18.2 Å². The van der Waals surface area contributed by atoms with Gasteiger partial charge in [-0.2, -0.15) is 0 Å². The van der Waals surface area contributed by atoms with Gasteiger partial charge in [0.2, 0.25) is 0 Å². The van der Waals surface area contributed by atoms with Crippen LogP contribution in [0.3, 0.4) is 0 Å². The van der Waals surface area contributed by atoms with E-state index in [1.54, 1.807) is 0 Å². The molecule has 0 saturated heterocycles. The molecule has 0 radical (unpaired) electrons. The number of aromatic nitrogens is 4. The summed E-state index contributed by atoms with van der Waals surface area (Å²) in [4.78, 5) is 8.90. The molecule has 5 aromatic heterocycles. The van der Waals surface area contributed by atoms with E-state index in [1.165, 1.54) is 20.7 Å². The first-order valence-corrected chi connectivity index (χ1v) is 21.9. The van der Waals surface area contributed by atoms with Crippen LogP contribution in [-0.4, -0.2) is 27.2 Å². The summed E-state index contributed by atoms with van der Waals surface area (Å²) in [6, 6.07) is 57.7. The smallest absolute Gasteiger partial charge is 0.179 e. The van der Waals surface area contributed by atoms with E-state index < -0.39 is 8.07 Å². The van der Waals surface area contributed by atoms with Crippen molar-refractivity contribution in [3.8, 4) is 11.4 Å². The van der Waals surface area contributed by atoms with E-state index in [4.69, 9.17) is 4.42 Å². The molecule has 0 amide bonds. The van der Waals surface area contributed by atoms with E-state index in [-0.39, 0.29) is 0 Å². The molecule has 6 heteroatoms. The summed E-state index contributed by atoms with van der Waals surface area (Å²) >= 11 is 0. The Labute approximate surface area is 342 Å². The molecular formula is C53H38N4OSi. The Balaban J connectivity index is 1.12. The van der Waals surface area contributed by atoms with Crippen LogP contribution in [0, 0.1) is 0 Å². The van der Waals surface area contributed by atoms with Gasteiger partial charge < -0.3 is 13.6 Å². The molecule has 11 rings (SSSR count). The Hall–Kier alpha value is -7.54. The lowest BCUT2D eigenvalue weighted by atomic mass is 10.1. The molecule has 280 valence electrons. The van der Waals surface area contributed by atoms with Gasteiger partial charge in [0.1, 0.15) is 11.2 Å². The molecule has 5 nitrogen and oxygen atoms in total. The molecule has 0 aliphatic carbocycles. The highest BCUT2D eigenvalue weighted by Gasteiger charge is 2.41. The predicted molar refractivity (Wildman–Crippen MR) is 249 cm³/mol. The van der Waals surface area contributed by atoms with E-state index in [0.29, 0.717) is 0 Å². The van der Waals surface area contributed by atoms with Gasteiger partial charge in [-0.3, -0.25) is 9.97 Å². The Bertz CT molecular complexity index is 3300. The summed E-state index contributed by atoms with van der Waals surface area (Å²) in [7, 11) is -2.86. The fraction of sp³-hybridized carbons (Fsp3) is 0.0189. The normalized spacial score (nSPS) is 12.2. The summed E-state index contributed by atoms with van der Waals surface area (Å²) in [5, 5.41) is 10.8. The van der Waals surface area contributed by atoms with Crippen LogP contribution in [0.15, 0.2) is 200 Å². The molecule has 0 fully saturated rings. The molecule has 11 aromatic rings. The molecular weight excluding hydrogens is 737 g/mol. The number of benzene rings is 6. The van der Waals surface area contributed by atoms with Crippen LogP contribution in [0.4, 0.5) is 0 Å². The minimum atomic E-state index is -2.86. The first kappa shape index (κ1) is 34.7. The maximum Gasteiger partial charge on any atom is 0.179 e. The Morgan fingerprint density at radius 2 is 1.05 bits per heavy atom. The maximum absolute atomic E-state index is 6.37. The molecule has 0 atom stereocenters. The van der Waals surface area contributed by atoms with Crippen LogP contribution >= 0.6 is 0 Å². The Kier molecular flexibility index (Phi) is 8.13. The molecule has 0 saturated carbocycles. The van der Waals surface area contributed by atoms with Gasteiger partial charge in [-0.05, 0) is 88.3 Å². The van der Waals surface area contributed by atoms with Gasteiger partial charge in [-0.25, -0.2) is 0 Å². The number of para-hydroxylation sites is 1. The number of pyridine rings is 2. The minimum absolute atomic E-state index is 0.882. The second kappa shape index (κ2) is 13.8. The van der Waals surface area contributed by atoms with Crippen LogP contribution in [0.5, 0.6) is 0 Å². The second-order valence-electron chi connectivity index (χ2n) is 15.0. The van der Waals surface area contributed by atoms with Crippen molar-refractivity contribution in [1.29, 1.82) is 0 Å². The molecule has 0 aliphatic rings. The lowest BCUT2D eigenvalue weighted by Crippen LogP contribution is -2.74. The summed E-state index contributed by atoms with van der Waals surface area (Å²) in [6.45, 7) is 6.38. The molecule has 6 aromatic carbocycles. The topological polar surface area (TPSA) is 48.8 Å². The lowest BCUT2D eigenvalue weighted by molar-refractivity contribution is 0.669. The van der Waals surface area contributed by atoms with Gasteiger partial charge >= 0.3 is 0 Å². The average Bonchev–Trinajstić information content (AvgIpc) is 3.94. The van der Waals surface area contributed by atoms with Crippen LogP contribution < -0.4 is 20.7 Å². The number of nitrogens with zero attached hydrogens (tertiary/aromatic N) is 4. The van der Waals surface area contributed by atoms with Crippen LogP contribution in [0.25, 0.3) is 78.2 Å². The fourth-order valence-corrected chi connectivity index (χ4v) is 14.2. The second-order valence-corrected chi connectivity index (χ2v) is 18.8. The maximum atomic E-state index is 6.37. The number of fused-ring (bicyclic) bond motifs is 7. The lowest BCUT2D eigenvalue weighted by Gasteiger charge is -2.34. The van der Waals surface area contributed by atoms with E-state index >= 15 is 0 Å². The minimum Gasteiger partial charge on any atom is -0.456 e. The van der Waals surface area contributed by atoms with E-state index in [9.17, 15) is 0 Å². The zero-order chi connectivity index (χ0) is 39.5. The van der Waals surface area contributed by atoms with Gasteiger partial charge in [0.05, 0.1) is 22.2 Å². The first-order valence-electron chi connectivity index (χ1n) is 19.9. The predicted octanol–water partition coefficient (Wildman–Crippen LogP) is 10.5. The van der Waals surface area contributed by atoms with Crippen molar-refractivity contribution in [2.75, 3.05) is 0 Å². The number of hydrogen-bond donors (Lipinski definition) is 0. The largest absolute Gasteiger partial charge is 0.456 e. The molecule has 0 unspecified atom stereocenters. The molecule has 5 heterocycles. The van der Waals surface area contributed by atoms with Crippen molar-refractivity contribution in [3.63, 3.8) is 0 Å². The van der Waals surface area contributed by atoms with Crippen molar-refractivity contribution in [3.05, 3.63) is 206 Å². The van der Waals surface area contributed by atoms with E-state index in [1.807, 2.05) is 43.0 Å². The van der Waals surface area contributed by atoms with Gasteiger partial charge in [0, 0.05) is 68.7 Å². The van der Waals surface area contributed by atoms with Crippen molar-refractivity contribution < 1.29 is 4.42 Å². The third-order valence-corrected chi connectivity index (χ3v) is 16.8. The number of allylic oxidation sites excluding steroid dienone is 1. The van der Waals surface area contributed by atoms with Gasteiger partial charge in [0.15, 0.2) is 8.07 Å². The SMILES string of the molecule is C=Cc1c(/C=C\C)c2cc3oc4ccccc4c3cc2n1-c1ccc([Si](c2ccccc2)(c2ccccc2)c2ccc(-n3c4ccncc4c4cnccc43)cc2)cc1. The number of rotatable bonds is 8. The number of hydrogen-bond acceptors (Lipinski definition) is 3. The van der Waals surface area contributed by atoms with Gasteiger partial charge in [-0.1, -0.05) is 122 Å². The standard InChI is InChI=1S/C53H38N4OSi/c1-3-13-42-44-33-53-45(43-18-11-12-19-52(43)58-53)32-51(44)56(48(42)4-2)36-20-24-40(25-21-36)59(38-14-7-5-8-15-38,39-16-9-6-10-17-39)41-26-22-37(23-27-41)57-49-28-30-54-34-46(49)47-35-55-31-29-50(47)57/h3-35H,2H2,1H3/b13-3-. The Morgan fingerprint density at radius 3 is 1.63 bits per heavy atom. The van der Waals surface area contributed by atoms with E-state index in [0.717, 1.165) is 77.3 Å². The molecule has 0 bridgehead atoms. The summed E-state index contributed by atoms with van der Waals surface area (Å²) in [6.07, 6.45) is 13.8. The number of furan rings is 1. The van der Waals surface area contributed by atoms with Crippen LogP contribution in [0.2, 0.25) is 0 Å². The van der Waals surface area contributed by atoms with Crippen molar-refractivity contribution in [1.82, 2.24) is 19.1 Å². The zero-order valence-corrected chi connectivity index (χ0v) is 33.5. The highest BCUT2D eigenvalue weighted by molar-refractivity contribution is 7.19. The van der Waals surface area contributed by atoms with Crippen molar-refractivity contribution in [2.45, 2.75) is 6.92 Å². The quantitative estimate of drug-likeness (QED) is 0.114. The highest BCUT2D eigenvalue weighted by Crippen LogP contribution is 2.38. The third-order valence-electron chi connectivity index (χ3n) is 12.0. The molecule has 0 aliphatic heterocycles. The average molecular weight is 775 g/mol. The summed E-state index contributed by atoms with van der Waals surface area (Å²) in [5.41, 5.74) is 9.44. The summed E-state index contributed by atoms with van der Waals surface area (Å²) in [5.74, 6) is 0. The Morgan fingerprint density at radius 1 is 0.508 bits per heavy atom. The summed E-state index contributed by atoms with van der Waals surface area (Å²) < 4.78 is 11.0. The molecule has 59 heavy (non-hydrogen) atoms. The fourth-order valence-electron chi connectivity index (χ4n) is 9.45. The highest BCUT2D eigenvalue weighted by atomic mass is 28.3. The van der Waals surface area contributed by atoms with E-state index in [2.05, 4.69) is 190 Å². The van der Waals surface area contributed by atoms with Crippen molar-refractivity contribution in [2.24, 2.45) is 0 Å². The first-order chi connectivity index (χ1) is 29.2. The zero-order valence-electron chi connectivity index (χ0n) is 32.5. The monoisotopic (exact) mass is 774 g/mol.